The number of aromatic nitrogens is 3. The number of amides is 1. The van der Waals surface area contributed by atoms with Crippen molar-refractivity contribution in [3.8, 4) is 11.3 Å². The highest BCUT2D eigenvalue weighted by Crippen LogP contribution is 2.35. The van der Waals surface area contributed by atoms with Gasteiger partial charge in [0.05, 0.1) is 16.3 Å². The Kier molecular flexibility index (Phi) is 8.64. The number of nitrogens with two attached hydrogens (primary N) is 1. The number of carbonyl (C=O) groups excluding carboxylic acids is 1. The lowest BCUT2D eigenvalue weighted by Gasteiger charge is -2.22. The summed E-state index contributed by atoms with van der Waals surface area (Å²) in [5.74, 6) is -0.138. The average molecular weight is 519 g/mol. The summed E-state index contributed by atoms with van der Waals surface area (Å²) in [5.41, 5.74) is 9.68. The third kappa shape index (κ3) is 6.06. The molecule has 4 aromatic rings. The molecule has 11 heteroatoms. The zero-order chi connectivity index (χ0) is 26.7. The lowest BCUT2D eigenvalue weighted by Crippen LogP contribution is -2.29. The van der Waals surface area contributed by atoms with Gasteiger partial charge in [-0.3, -0.25) is 14.9 Å². The fourth-order valence-corrected chi connectivity index (χ4v) is 4.18. The van der Waals surface area contributed by atoms with Gasteiger partial charge in [0.15, 0.2) is 0 Å². The lowest BCUT2D eigenvalue weighted by atomic mass is 10.1. The highest BCUT2D eigenvalue weighted by molar-refractivity contribution is 5.96. The quantitative estimate of drug-likeness (QED) is 0.236. The molecule has 11 nitrogen and oxygen atoms in total. The van der Waals surface area contributed by atoms with E-state index in [4.69, 9.17) is 5.73 Å². The van der Waals surface area contributed by atoms with Crippen LogP contribution in [0.4, 0.5) is 23.0 Å². The number of anilines is 3. The second-order valence-corrected chi connectivity index (χ2v) is 9.18. The van der Waals surface area contributed by atoms with Crippen LogP contribution in [0.1, 0.15) is 13.0 Å². The molecule has 200 valence electrons. The predicted molar refractivity (Wildman–Crippen MR) is 152 cm³/mol. The number of nitrogens with zero attached hydrogens (tertiary/aromatic N) is 6. The van der Waals surface area contributed by atoms with E-state index in [9.17, 15) is 14.9 Å². The highest BCUT2D eigenvalue weighted by atomic mass is 16.6. The third-order valence-corrected chi connectivity index (χ3v) is 6.10. The Morgan fingerprint density at radius 1 is 1.16 bits per heavy atom. The van der Waals surface area contributed by atoms with Gasteiger partial charge in [-0.05, 0) is 44.8 Å². The molecule has 0 atom stereocenters. The van der Waals surface area contributed by atoms with Crippen LogP contribution in [0.5, 0.6) is 0 Å². The van der Waals surface area contributed by atoms with Crippen LogP contribution in [-0.2, 0) is 11.3 Å². The van der Waals surface area contributed by atoms with Crippen LogP contribution < -0.4 is 16.0 Å². The molecule has 2 aromatic heterocycles. The molecule has 3 N–H and O–H groups in total. The number of rotatable bonds is 10. The fraction of sp³-hybridized carbons (Fsp3) is 0.296. The minimum Gasteiger partial charge on any atom is -0.368 e. The highest BCUT2D eigenvalue weighted by Gasteiger charge is 2.21. The molecule has 0 saturated heterocycles. The van der Waals surface area contributed by atoms with Crippen LogP contribution in [0, 0.1) is 17.0 Å². The summed E-state index contributed by atoms with van der Waals surface area (Å²) in [7, 11) is 5.77. The number of carbonyl (C=O) groups is 1. The summed E-state index contributed by atoms with van der Waals surface area (Å²) in [6, 6.07) is 12.8. The molecule has 0 unspecified atom stereocenters. The molecular formula is C27H34N8O3. The molecule has 38 heavy (non-hydrogen) atoms. The Labute approximate surface area is 222 Å². The van der Waals surface area contributed by atoms with Crippen molar-refractivity contribution in [2.24, 2.45) is 5.73 Å². The van der Waals surface area contributed by atoms with Crippen molar-refractivity contribution in [1.29, 1.82) is 0 Å². The van der Waals surface area contributed by atoms with Crippen LogP contribution in [0.25, 0.3) is 22.2 Å². The van der Waals surface area contributed by atoms with Crippen molar-refractivity contribution in [2.45, 2.75) is 20.9 Å². The molecule has 0 aliphatic heterocycles. The van der Waals surface area contributed by atoms with E-state index >= 15 is 0 Å². The number of aryl methyl sites for hydroxylation is 1. The topological polar surface area (TPSA) is 135 Å². The van der Waals surface area contributed by atoms with E-state index in [0.29, 0.717) is 29.6 Å². The second-order valence-electron chi connectivity index (χ2n) is 9.18. The Bertz CT molecular complexity index is 1460. The molecular weight excluding hydrogens is 484 g/mol. The first-order valence-corrected chi connectivity index (χ1v) is 11.8. The van der Waals surface area contributed by atoms with Gasteiger partial charge in [-0.15, -0.1) is 0 Å². The number of para-hydroxylation sites is 1. The number of nitrogens with one attached hydrogen (secondary N) is 1. The Morgan fingerprint density at radius 2 is 1.89 bits per heavy atom. The summed E-state index contributed by atoms with van der Waals surface area (Å²) >= 11 is 0. The van der Waals surface area contributed by atoms with Gasteiger partial charge in [-0.2, -0.15) is 0 Å². The maximum Gasteiger partial charge on any atom is 0.294 e. The molecule has 0 fully saturated rings. The number of nitro groups is 1. The number of hydrogen-bond acceptors (Lipinski definition) is 8. The predicted octanol–water partition coefficient (Wildman–Crippen LogP) is 4.18. The van der Waals surface area contributed by atoms with Crippen LogP contribution in [0.2, 0.25) is 0 Å². The molecule has 0 radical (unpaired) electrons. The maximum absolute atomic E-state index is 11.9. The molecule has 2 heterocycles. The Morgan fingerprint density at radius 3 is 2.58 bits per heavy atom. The van der Waals surface area contributed by atoms with Gasteiger partial charge in [-0.1, -0.05) is 25.6 Å². The van der Waals surface area contributed by atoms with Crippen LogP contribution in [0.3, 0.4) is 0 Å². The van der Waals surface area contributed by atoms with E-state index in [-0.39, 0.29) is 24.6 Å². The molecule has 2 aromatic carbocycles. The van der Waals surface area contributed by atoms with Crippen molar-refractivity contribution in [1.82, 2.24) is 19.4 Å². The summed E-state index contributed by atoms with van der Waals surface area (Å²) in [5, 5.41) is 16.0. The van der Waals surface area contributed by atoms with E-state index in [2.05, 4.69) is 15.3 Å². The first-order valence-electron chi connectivity index (χ1n) is 11.8. The minimum absolute atomic E-state index is 0. The van der Waals surface area contributed by atoms with Crippen molar-refractivity contribution >= 4 is 39.8 Å². The van der Waals surface area contributed by atoms with Gasteiger partial charge in [0.1, 0.15) is 12.2 Å². The largest absolute Gasteiger partial charge is 0.368 e. The first kappa shape index (κ1) is 28.1. The molecule has 0 aliphatic carbocycles. The van der Waals surface area contributed by atoms with Crippen molar-refractivity contribution < 1.29 is 9.72 Å². The third-order valence-electron chi connectivity index (χ3n) is 6.10. The summed E-state index contributed by atoms with van der Waals surface area (Å²) in [6.07, 6.45) is 3.47. The van der Waals surface area contributed by atoms with Gasteiger partial charge in [-0.25, -0.2) is 9.97 Å². The number of benzene rings is 2. The molecule has 0 bridgehead atoms. The minimum atomic E-state index is -0.440. The molecule has 1 amide bonds. The summed E-state index contributed by atoms with van der Waals surface area (Å²) < 4.78 is 1.79. The second kappa shape index (κ2) is 11.7. The van der Waals surface area contributed by atoms with E-state index in [1.165, 1.54) is 6.07 Å². The zero-order valence-electron chi connectivity index (χ0n) is 21.3. The van der Waals surface area contributed by atoms with Gasteiger partial charge in [0, 0.05) is 55.1 Å². The molecule has 0 saturated carbocycles. The average Bonchev–Trinajstić information content (AvgIpc) is 3.21. The van der Waals surface area contributed by atoms with Crippen molar-refractivity contribution in [2.75, 3.05) is 44.4 Å². The van der Waals surface area contributed by atoms with E-state index in [1.54, 1.807) is 22.9 Å². The number of hydrogen-bond donors (Lipinski definition) is 2. The van der Waals surface area contributed by atoms with Gasteiger partial charge in [0.25, 0.3) is 5.69 Å². The number of likely N-dealkylation sites (N-methyl/N-ethyl adjacent to an activating group) is 2. The molecule has 4 rings (SSSR count). The number of nitro benzene ring substituents is 1. The number of primary amides is 1. The van der Waals surface area contributed by atoms with E-state index < -0.39 is 5.91 Å². The van der Waals surface area contributed by atoms with E-state index in [0.717, 1.165) is 28.6 Å². The normalized spacial score (nSPS) is 10.9. The summed E-state index contributed by atoms with van der Waals surface area (Å²) in [4.78, 5) is 36.0. The van der Waals surface area contributed by atoms with E-state index in [1.807, 2.05) is 68.3 Å². The fourth-order valence-electron chi connectivity index (χ4n) is 4.18. The smallest absolute Gasteiger partial charge is 0.294 e. The van der Waals surface area contributed by atoms with Crippen molar-refractivity contribution in [3.05, 3.63) is 70.5 Å². The Hall–Kier alpha value is -4.51. The van der Waals surface area contributed by atoms with Crippen LogP contribution >= 0.6 is 0 Å². The number of fused-ring (bicyclic) bond motifs is 1. The van der Waals surface area contributed by atoms with Crippen LogP contribution in [0.15, 0.2) is 54.9 Å². The van der Waals surface area contributed by atoms with Gasteiger partial charge < -0.3 is 25.4 Å². The lowest BCUT2D eigenvalue weighted by molar-refractivity contribution is -0.384. The first-order chi connectivity index (χ1) is 17.6. The standard InChI is InChI=1S/C26H30N8O3.CH4/c1-17-13-23(32(4)12-11-31(2)3)24(34(36)37)14-21(17)30-26-28-10-9-20(29-26)19-15-33(16-25(27)35)22-8-6-5-7-18(19)22;/h5-10,13-15H,11-12,16H2,1-4H3,(H2,27,35)(H,28,29,30);1H4. The van der Waals surface area contributed by atoms with Gasteiger partial charge in [0.2, 0.25) is 11.9 Å². The monoisotopic (exact) mass is 518 g/mol. The van der Waals surface area contributed by atoms with Crippen LogP contribution in [-0.4, -0.2) is 64.5 Å². The zero-order valence-corrected chi connectivity index (χ0v) is 21.3. The van der Waals surface area contributed by atoms with Crippen molar-refractivity contribution in [3.63, 3.8) is 0 Å². The maximum atomic E-state index is 11.9. The molecule has 0 spiro atoms. The summed E-state index contributed by atoms with van der Waals surface area (Å²) in [6.45, 7) is 3.35. The van der Waals surface area contributed by atoms with Gasteiger partial charge >= 0.3 is 0 Å². The SMILES string of the molecule is C.Cc1cc(N(C)CCN(C)C)c([N+](=O)[O-])cc1Nc1nccc(-c2cn(CC(N)=O)c3ccccc23)n1. The molecule has 0 aliphatic rings. The Balaban J connectivity index is 0.00000400.